The molecule has 0 aromatic heterocycles. The van der Waals surface area contributed by atoms with E-state index in [1.54, 1.807) is 0 Å². The van der Waals surface area contributed by atoms with E-state index in [-0.39, 0.29) is 0 Å². The summed E-state index contributed by atoms with van der Waals surface area (Å²) >= 11 is 1.99. The monoisotopic (exact) mass is 242 g/mol. The van der Waals surface area contributed by atoms with Crippen LogP contribution in [0.15, 0.2) is 0 Å². The zero-order valence-corrected chi connectivity index (χ0v) is 11.6. The molecule has 0 aromatic carbocycles. The zero-order chi connectivity index (χ0) is 11.4. The number of thioether (sulfide) groups is 1. The summed E-state index contributed by atoms with van der Waals surface area (Å²) in [6.07, 6.45) is 6.46. The third-order valence-electron chi connectivity index (χ3n) is 3.91. The van der Waals surface area contributed by atoms with Gasteiger partial charge in [-0.3, -0.25) is 4.90 Å². The van der Waals surface area contributed by atoms with Crippen LogP contribution in [0.5, 0.6) is 0 Å². The Labute approximate surface area is 105 Å². The van der Waals surface area contributed by atoms with Gasteiger partial charge in [-0.25, -0.2) is 0 Å². The van der Waals surface area contributed by atoms with Gasteiger partial charge in [0.2, 0.25) is 0 Å². The lowest BCUT2D eigenvalue weighted by Crippen LogP contribution is -2.38. The largest absolute Gasteiger partial charge is 0.301 e. The fourth-order valence-corrected chi connectivity index (χ4v) is 3.90. The summed E-state index contributed by atoms with van der Waals surface area (Å²) < 4.78 is 0. The highest BCUT2D eigenvalue weighted by molar-refractivity contribution is 7.98. The van der Waals surface area contributed by atoms with Gasteiger partial charge in [0.05, 0.1) is 0 Å². The van der Waals surface area contributed by atoms with E-state index in [2.05, 4.69) is 23.0 Å². The van der Waals surface area contributed by atoms with Crippen LogP contribution in [0.2, 0.25) is 0 Å². The van der Waals surface area contributed by atoms with Crippen molar-refractivity contribution in [3.63, 3.8) is 0 Å². The fraction of sp³-hybridized carbons (Fsp3) is 1.00. The predicted octanol–water partition coefficient (Wildman–Crippen LogP) is 2.16. The van der Waals surface area contributed by atoms with Gasteiger partial charge in [-0.1, -0.05) is 6.92 Å². The van der Waals surface area contributed by atoms with Crippen LogP contribution in [-0.2, 0) is 0 Å². The maximum Gasteiger partial charge on any atom is 0.0223 e. The van der Waals surface area contributed by atoms with Crippen LogP contribution < -0.4 is 0 Å². The van der Waals surface area contributed by atoms with Crippen LogP contribution in [0.4, 0.5) is 0 Å². The molecule has 0 spiro atoms. The van der Waals surface area contributed by atoms with Crippen molar-refractivity contribution >= 4 is 11.8 Å². The maximum absolute atomic E-state index is 2.72. The average Bonchev–Trinajstić information content (AvgIpc) is 2.58. The molecule has 16 heavy (non-hydrogen) atoms. The lowest BCUT2D eigenvalue weighted by Gasteiger charge is -2.27. The molecule has 0 aromatic rings. The number of rotatable bonds is 4. The number of hydrogen-bond donors (Lipinski definition) is 0. The first-order valence-corrected chi connectivity index (χ1v) is 8.14. The minimum Gasteiger partial charge on any atom is -0.301 e. The second-order valence-corrected chi connectivity index (χ2v) is 6.42. The molecule has 0 amide bonds. The second-order valence-electron chi connectivity index (χ2n) is 5.51. The number of fused-ring (bicyclic) bond motifs is 1. The number of nitrogens with zero attached hydrogens (tertiary/aromatic N) is 2. The van der Waals surface area contributed by atoms with Crippen molar-refractivity contribution in [1.82, 2.24) is 9.80 Å². The Bertz CT molecular complexity index is 210. The second kappa shape index (κ2) is 6.27. The zero-order valence-electron chi connectivity index (χ0n) is 10.8. The molecule has 2 fully saturated rings. The summed E-state index contributed by atoms with van der Waals surface area (Å²) in [7, 11) is 0. The summed E-state index contributed by atoms with van der Waals surface area (Å²) in [5, 5.41) is 0. The lowest BCUT2D eigenvalue weighted by atomic mass is 10.1. The van der Waals surface area contributed by atoms with Gasteiger partial charge < -0.3 is 4.90 Å². The minimum absolute atomic E-state index is 0.850. The summed E-state index contributed by atoms with van der Waals surface area (Å²) in [6.45, 7) is 9.07. The molecule has 2 atom stereocenters. The van der Waals surface area contributed by atoms with Gasteiger partial charge in [0.25, 0.3) is 0 Å². The summed E-state index contributed by atoms with van der Waals surface area (Å²) in [4.78, 5) is 5.44. The third-order valence-corrected chi connectivity index (χ3v) is 4.81. The van der Waals surface area contributed by atoms with E-state index in [4.69, 9.17) is 0 Å². The van der Waals surface area contributed by atoms with Crippen molar-refractivity contribution in [3.05, 3.63) is 0 Å². The molecule has 0 saturated carbocycles. The van der Waals surface area contributed by atoms with E-state index in [1.807, 2.05) is 11.8 Å². The topological polar surface area (TPSA) is 6.48 Å². The fourth-order valence-electron chi connectivity index (χ4n) is 3.23. The Kier molecular flexibility index (Phi) is 4.98. The summed E-state index contributed by atoms with van der Waals surface area (Å²) in [5.74, 6) is 2.16. The van der Waals surface area contributed by atoms with E-state index in [0.717, 1.165) is 12.0 Å². The first kappa shape index (κ1) is 12.7. The first-order chi connectivity index (χ1) is 7.79. The molecule has 2 rings (SSSR count). The molecule has 2 unspecified atom stereocenters. The summed E-state index contributed by atoms with van der Waals surface area (Å²) in [6, 6.07) is 0.879. The lowest BCUT2D eigenvalue weighted by molar-refractivity contribution is 0.207. The molecule has 94 valence electrons. The molecule has 2 saturated heterocycles. The SMILES string of the molecule is CSCC(C)CN1CCCN2CCCC2C1. The van der Waals surface area contributed by atoms with Crippen molar-refractivity contribution < 1.29 is 0 Å². The van der Waals surface area contributed by atoms with Crippen molar-refractivity contribution in [2.75, 3.05) is 44.7 Å². The van der Waals surface area contributed by atoms with Crippen LogP contribution in [0.3, 0.4) is 0 Å². The third kappa shape index (κ3) is 3.38. The van der Waals surface area contributed by atoms with Crippen LogP contribution >= 0.6 is 11.8 Å². The molecule has 2 aliphatic heterocycles. The highest BCUT2D eigenvalue weighted by Gasteiger charge is 2.28. The Morgan fingerprint density at radius 3 is 2.88 bits per heavy atom. The first-order valence-electron chi connectivity index (χ1n) is 6.75. The van der Waals surface area contributed by atoms with Gasteiger partial charge in [-0.05, 0) is 56.8 Å². The Morgan fingerprint density at radius 2 is 2.06 bits per heavy atom. The van der Waals surface area contributed by atoms with E-state index < -0.39 is 0 Å². The Morgan fingerprint density at radius 1 is 1.25 bits per heavy atom. The van der Waals surface area contributed by atoms with Crippen molar-refractivity contribution in [3.8, 4) is 0 Å². The van der Waals surface area contributed by atoms with Crippen LogP contribution in [0.1, 0.15) is 26.2 Å². The van der Waals surface area contributed by atoms with E-state index in [9.17, 15) is 0 Å². The molecule has 0 N–H and O–H groups in total. The van der Waals surface area contributed by atoms with E-state index in [1.165, 1.54) is 57.7 Å². The molecule has 2 nitrogen and oxygen atoms in total. The van der Waals surface area contributed by atoms with Crippen LogP contribution in [0.25, 0.3) is 0 Å². The van der Waals surface area contributed by atoms with Crippen LogP contribution in [-0.4, -0.2) is 60.6 Å². The highest BCUT2D eigenvalue weighted by Crippen LogP contribution is 2.22. The highest BCUT2D eigenvalue weighted by atomic mass is 32.2. The summed E-state index contributed by atoms with van der Waals surface area (Å²) in [5.41, 5.74) is 0. The standard InChI is InChI=1S/C13H26N2S/c1-12(11-16-2)9-14-6-4-8-15-7-3-5-13(15)10-14/h12-13H,3-11H2,1-2H3. The molecular formula is C13H26N2S. The minimum atomic E-state index is 0.850. The average molecular weight is 242 g/mol. The molecule has 2 aliphatic rings. The molecule has 0 radical (unpaired) electrons. The molecule has 0 aliphatic carbocycles. The maximum atomic E-state index is 2.72. The van der Waals surface area contributed by atoms with Gasteiger partial charge in [-0.2, -0.15) is 11.8 Å². The van der Waals surface area contributed by atoms with Gasteiger partial charge in [0.1, 0.15) is 0 Å². The van der Waals surface area contributed by atoms with Gasteiger partial charge >= 0.3 is 0 Å². The Balaban J connectivity index is 1.81. The molecule has 2 heterocycles. The molecule has 0 bridgehead atoms. The normalized spacial score (nSPS) is 30.0. The molecular weight excluding hydrogens is 216 g/mol. The van der Waals surface area contributed by atoms with Gasteiger partial charge in [0.15, 0.2) is 0 Å². The van der Waals surface area contributed by atoms with Gasteiger partial charge in [0, 0.05) is 19.1 Å². The van der Waals surface area contributed by atoms with E-state index >= 15 is 0 Å². The van der Waals surface area contributed by atoms with E-state index in [0.29, 0.717) is 0 Å². The van der Waals surface area contributed by atoms with Crippen LogP contribution in [0, 0.1) is 5.92 Å². The Hall–Kier alpha value is 0.270. The van der Waals surface area contributed by atoms with Crippen molar-refractivity contribution in [2.24, 2.45) is 5.92 Å². The smallest absolute Gasteiger partial charge is 0.0223 e. The van der Waals surface area contributed by atoms with Crippen molar-refractivity contribution in [1.29, 1.82) is 0 Å². The van der Waals surface area contributed by atoms with Gasteiger partial charge in [-0.15, -0.1) is 0 Å². The quantitative estimate of drug-likeness (QED) is 0.746. The number of hydrogen-bond acceptors (Lipinski definition) is 3. The van der Waals surface area contributed by atoms with Crippen molar-refractivity contribution in [2.45, 2.75) is 32.2 Å². The predicted molar refractivity (Wildman–Crippen MR) is 73.2 cm³/mol. The molecule has 3 heteroatoms.